The van der Waals surface area contributed by atoms with Crippen molar-refractivity contribution in [3.63, 3.8) is 0 Å². The van der Waals surface area contributed by atoms with E-state index in [0.717, 1.165) is 0 Å². The standard InChI is InChI=1S/C21H16Cl2N4O3S/c1-30-16-6-8-17(9-7-16)31(28,29)27-21-20(24-15-11-13(22)10-14(23)12-15)25-18-4-2-3-5-19(18)26-21/h2-12H,1H3,(H,24,25)(H,26,27). The summed E-state index contributed by atoms with van der Waals surface area (Å²) >= 11 is 12.2. The van der Waals surface area contributed by atoms with Gasteiger partial charge < -0.3 is 10.1 Å². The largest absolute Gasteiger partial charge is 0.497 e. The van der Waals surface area contributed by atoms with Crippen LogP contribution in [0, 0.1) is 0 Å². The van der Waals surface area contributed by atoms with Gasteiger partial charge in [0.1, 0.15) is 5.75 Å². The molecule has 0 fully saturated rings. The van der Waals surface area contributed by atoms with E-state index < -0.39 is 10.0 Å². The second kappa shape index (κ2) is 8.58. The minimum atomic E-state index is -3.94. The van der Waals surface area contributed by atoms with E-state index in [0.29, 0.717) is 32.5 Å². The fraction of sp³-hybridized carbons (Fsp3) is 0.0476. The summed E-state index contributed by atoms with van der Waals surface area (Å²) in [5.41, 5.74) is 1.65. The first-order valence-electron chi connectivity index (χ1n) is 9.01. The maximum absolute atomic E-state index is 13.0. The number of ether oxygens (including phenoxy) is 1. The molecule has 0 saturated carbocycles. The number of anilines is 3. The van der Waals surface area contributed by atoms with E-state index in [1.165, 1.54) is 19.2 Å². The number of hydrogen-bond donors (Lipinski definition) is 2. The second-order valence-corrected chi connectivity index (χ2v) is 9.03. The molecular formula is C21H16Cl2N4O3S. The van der Waals surface area contributed by atoms with Gasteiger partial charge in [0, 0.05) is 15.7 Å². The Kier molecular flexibility index (Phi) is 5.86. The van der Waals surface area contributed by atoms with Crippen molar-refractivity contribution in [1.82, 2.24) is 9.97 Å². The van der Waals surface area contributed by atoms with Crippen LogP contribution in [0.25, 0.3) is 11.0 Å². The molecular weight excluding hydrogens is 459 g/mol. The zero-order valence-corrected chi connectivity index (χ0v) is 18.5. The molecule has 0 aliphatic rings. The van der Waals surface area contributed by atoms with Gasteiger partial charge in [-0.05, 0) is 54.6 Å². The van der Waals surface area contributed by atoms with Crippen LogP contribution in [0.3, 0.4) is 0 Å². The molecule has 0 spiro atoms. The molecule has 31 heavy (non-hydrogen) atoms. The van der Waals surface area contributed by atoms with Gasteiger partial charge in [0.25, 0.3) is 10.0 Å². The normalized spacial score (nSPS) is 11.3. The number of halogens is 2. The first-order chi connectivity index (χ1) is 14.8. The molecule has 0 bridgehead atoms. The van der Waals surface area contributed by atoms with Gasteiger partial charge in [0.15, 0.2) is 11.6 Å². The molecule has 0 radical (unpaired) electrons. The number of aromatic nitrogens is 2. The predicted molar refractivity (Wildman–Crippen MR) is 123 cm³/mol. The third-order valence-electron chi connectivity index (χ3n) is 4.30. The summed E-state index contributed by atoms with van der Waals surface area (Å²) in [6, 6.07) is 18.0. The van der Waals surface area contributed by atoms with E-state index in [-0.39, 0.29) is 16.5 Å². The van der Waals surface area contributed by atoms with Crippen molar-refractivity contribution in [1.29, 1.82) is 0 Å². The van der Waals surface area contributed by atoms with Crippen molar-refractivity contribution in [3.8, 4) is 5.75 Å². The Bertz CT molecular complexity index is 1340. The van der Waals surface area contributed by atoms with E-state index in [1.807, 2.05) is 6.07 Å². The van der Waals surface area contributed by atoms with Gasteiger partial charge in [-0.3, -0.25) is 4.72 Å². The monoisotopic (exact) mass is 474 g/mol. The van der Waals surface area contributed by atoms with Crippen molar-refractivity contribution in [2.75, 3.05) is 17.1 Å². The Hall–Kier alpha value is -3.07. The predicted octanol–water partition coefficient (Wildman–Crippen LogP) is 5.49. The lowest BCUT2D eigenvalue weighted by Gasteiger charge is -2.14. The van der Waals surface area contributed by atoms with Crippen molar-refractivity contribution in [2.45, 2.75) is 4.90 Å². The van der Waals surface area contributed by atoms with Gasteiger partial charge in [0.05, 0.1) is 23.0 Å². The maximum atomic E-state index is 13.0. The Morgan fingerprint density at radius 3 is 2.00 bits per heavy atom. The summed E-state index contributed by atoms with van der Waals surface area (Å²) in [4.78, 5) is 9.04. The number of rotatable bonds is 6. The molecule has 4 rings (SSSR count). The summed E-state index contributed by atoms with van der Waals surface area (Å²) in [5, 5.41) is 3.89. The summed E-state index contributed by atoms with van der Waals surface area (Å²) in [6.45, 7) is 0. The fourth-order valence-corrected chi connectivity index (χ4v) is 4.40. The third-order valence-corrected chi connectivity index (χ3v) is 6.09. The van der Waals surface area contributed by atoms with Crippen LogP contribution >= 0.6 is 23.2 Å². The van der Waals surface area contributed by atoms with Crippen LogP contribution in [0.4, 0.5) is 17.3 Å². The molecule has 2 N–H and O–H groups in total. The number of nitrogens with zero attached hydrogens (tertiary/aromatic N) is 2. The quantitative estimate of drug-likeness (QED) is 0.383. The second-order valence-electron chi connectivity index (χ2n) is 6.47. The van der Waals surface area contributed by atoms with Gasteiger partial charge in [-0.1, -0.05) is 35.3 Å². The van der Waals surface area contributed by atoms with Crippen LogP contribution in [0.5, 0.6) is 5.75 Å². The number of nitrogens with one attached hydrogen (secondary N) is 2. The lowest BCUT2D eigenvalue weighted by molar-refractivity contribution is 0.414. The molecule has 0 amide bonds. The minimum Gasteiger partial charge on any atom is -0.497 e. The smallest absolute Gasteiger partial charge is 0.263 e. The van der Waals surface area contributed by atoms with Crippen LogP contribution in [0.2, 0.25) is 10.0 Å². The molecule has 7 nitrogen and oxygen atoms in total. The Morgan fingerprint density at radius 2 is 1.42 bits per heavy atom. The molecule has 10 heteroatoms. The highest BCUT2D eigenvalue weighted by molar-refractivity contribution is 7.92. The van der Waals surface area contributed by atoms with E-state index >= 15 is 0 Å². The molecule has 1 heterocycles. The Balaban J connectivity index is 1.76. The van der Waals surface area contributed by atoms with Gasteiger partial charge in [-0.25, -0.2) is 18.4 Å². The molecule has 1 aromatic heterocycles. The lowest BCUT2D eigenvalue weighted by atomic mass is 10.3. The van der Waals surface area contributed by atoms with Crippen LogP contribution in [0.1, 0.15) is 0 Å². The molecule has 158 valence electrons. The molecule has 0 unspecified atom stereocenters. The van der Waals surface area contributed by atoms with E-state index in [9.17, 15) is 8.42 Å². The van der Waals surface area contributed by atoms with Crippen molar-refractivity contribution in [3.05, 3.63) is 76.8 Å². The third kappa shape index (κ3) is 4.82. The highest BCUT2D eigenvalue weighted by atomic mass is 35.5. The van der Waals surface area contributed by atoms with Gasteiger partial charge in [-0.2, -0.15) is 0 Å². The Morgan fingerprint density at radius 1 is 0.839 bits per heavy atom. The van der Waals surface area contributed by atoms with Crippen molar-refractivity contribution < 1.29 is 13.2 Å². The minimum absolute atomic E-state index is 0.0330. The number of para-hydroxylation sites is 2. The van der Waals surface area contributed by atoms with Gasteiger partial charge >= 0.3 is 0 Å². The summed E-state index contributed by atoms with van der Waals surface area (Å²) < 4.78 is 33.5. The highest BCUT2D eigenvalue weighted by Gasteiger charge is 2.19. The zero-order chi connectivity index (χ0) is 22.0. The molecule has 0 aliphatic heterocycles. The van der Waals surface area contributed by atoms with Crippen molar-refractivity contribution >= 4 is 61.6 Å². The summed E-state index contributed by atoms with van der Waals surface area (Å²) in [6.07, 6.45) is 0. The van der Waals surface area contributed by atoms with Crippen LogP contribution in [-0.4, -0.2) is 25.5 Å². The summed E-state index contributed by atoms with van der Waals surface area (Å²) in [7, 11) is -2.43. The Labute approximate surface area is 189 Å². The van der Waals surface area contributed by atoms with Crippen molar-refractivity contribution in [2.24, 2.45) is 0 Å². The number of fused-ring (bicyclic) bond motifs is 1. The van der Waals surface area contributed by atoms with Crippen LogP contribution in [-0.2, 0) is 10.0 Å². The lowest BCUT2D eigenvalue weighted by Crippen LogP contribution is -2.16. The highest BCUT2D eigenvalue weighted by Crippen LogP contribution is 2.30. The van der Waals surface area contributed by atoms with E-state index in [4.69, 9.17) is 27.9 Å². The number of methoxy groups -OCH3 is 1. The first kappa shape index (κ1) is 21.2. The van der Waals surface area contributed by atoms with E-state index in [2.05, 4.69) is 20.0 Å². The molecule has 0 aliphatic carbocycles. The topological polar surface area (TPSA) is 93.2 Å². The zero-order valence-electron chi connectivity index (χ0n) is 16.1. The maximum Gasteiger partial charge on any atom is 0.263 e. The molecule has 3 aromatic carbocycles. The summed E-state index contributed by atoms with van der Waals surface area (Å²) in [5.74, 6) is 0.782. The molecule has 0 saturated heterocycles. The SMILES string of the molecule is COc1ccc(S(=O)(=O)Nc2nc3ccccc3nc2Nc2cc(Cl)cc(Cl)c2)cc1. The average Bonchev–Trinajstić information content (AvgIpc) is 2.73. The van der Waals surface area contributed by atoms with Crippen LogP contribution in [0.15, 0.2) is 71.6 Å². The molecule has 4 aromatic rings. The average molecular weight is 475 g/mol. The number of hydrogen-bond acceptors (Lipinski definition) is 6. The number of sulfonamides is 1. The van der Waals surface area contributed by atoms with Gasteiger partial charge in [-0.15, -0.1) is 0 Å². The van der Waals surface area contributed by atoms with Gasteiger partial charge in [0.2, 0.25) is 0 Å². The molecule has 0 atom stereocenters. The first-order valence-corrected chi connectivity index (χ1v) is 11.2. The van der Waals surface area contributed by atoms with E-state index in [1.54, 1.807) is 48.5 Å². The van der Waals surface area contributed by atoms with Crippen LogP contribution < -0.4 is 14.8 Å². The fourth-order valence-electron chi connectivity index (χ4n) is 2.86. The number of benzene rings is 3.